The zero-order valence-electron chi connectivity index (χ0n) is 17.8. The molecule has 2 aliphatic heterocycles. The first-order chi connectivity index (χ1) is 15.0. The summed E-state index contributed by atoms with van der Waals surface area (Å²) in [6.45, 7) is 1.49. The Morgan fingerprint density at radius 2 is 2.00 bits per heavy atom. The van der Waals surface area contributed by atoms with Gasteiger partial charge in [-0.2, -0.15) is 0 Å². The van der Waals surface area contributed by atoms with Crippen molar-refractivity contribution < 1.29 is 19.1 Å². The number of thiophene rings is 1. The largest absolute Gasteiger partial charge is 0.376 e. The van der Waals surface area contributed by atoms with Gasteiger partial charge in [0.05, 0.1) is 18.1 Å². The highest BCUT2D eigenvalue weighted by molar-refractivity contribution is 7.09. The third kappa shape index (κ3) is 4.57. The van der Waals surface area contributed by atoms with E-state index in [0.717, 1.165) is 36.3 Å². The molecule has 7 heteroatoms. The zero-order valence-corrected chi connectivity index (χ0v) is 18.6. The predicted molar refractivity (Wildman–Crippen MR) is 118 cm³/mol. The maximum Gasteiger partial charge on any atom is 0.241 e. The Hall–Kier alpha value is -2.51. The highest BCUT2D eigenvalue weighted by Gasteiger charge is 2.54. The average Bonchev–Trinajstić information content (AvgIpc) is 3.38. The van der Waals surface area contributed by atoms with Crippen molar-refractivity contribution in [3.63, 3.8) is 0 Å². The summed E-state index contributed by atoms with van der Waals surface area (Å²) in [5.41, 5.74) is -0.438. The SMILES string of the molecule is CN(C[C@@H]1CCCCO1)C(=O)C[C@]1(c2ccccc2)CC(=O)N(Cc2cccs2)C1=O. The van der Waals surface area contributed by atoms with Gasteiger partial charge in [0, 0.05) is 37.9 Å². The first-order valence-electron chi connectivity index (χ1n) is 10.8. The summed E-state index contributed by atoms with van der Waals surface area (Å²) < 4.78 is 5.77. The molecule has 2 aliphatic rings. The van der Waals surface area contributed by atoms with E-state index in [-0.39, 0.29) is 43.2 Å². The summed E-state index contributed by atoms with van der Waals surface area (Å²) in [6, 6.07) is 13.1. The van der Waals surface area contributed by atoms with Crippen LogP contribution in [0.3, 0.4) is 0 Å². The maximum atomic E-state index is 13.6. The number of likely N-dealkylation sites (tertiary alicyclic amines) is 1. The van der Waals surface area contributed by atoms with Crippen LogP contribution in [0.15, 0.2) is 47.8 Å². The molecule has 0 spiro atoms. The Labute approximate surface area is 186 Å². The number of carbonyl (C=O) groups is 3. The molecule has 1 aromatic carbocycles. The van der Waals surface area contributed by atoms with Gasteiger partial charge in [0.1, 0.15) is 0 Å². The molecule has 0 aliphatic carbocycles. The van der Waals surface area contributed by atoms with Crippen LogP contribution in [0.2, 0.25) is 0 Å². The van der Waals surface area contributed by atoms with Gasteiger partial charge in [-0.1, -0.05) is 36.4 Å². The fourth-order valence-corrected chi connectivity index (χ4v) is 5.19. The number of imide groups is 1. The highest BCUT2D eigenvalue weighted by Crippen LogP contribution is 2.41. The van der Waals surface area contributed by atoms with E-state index in [0.29, 0.717) is 6.54 Å². The molecule has 0 saturated carbocycles. The number of hydrogen-bond donors (Lipinski definition) is 0. The molecule has 3 heterocycles. The standard InChI is InChI=1S/C24H28N2O4S/c1-25(16-19-10-5-6-12-30-19)21(27)14-24(18-8-3-2-4-9-18)15-22(28)26(23(24)29)17-20-11-7-13-31-20/h2-4,7-9,11,13,19H,5-6,10,12,14-17H2,1H3/t19-,24+/m0/s1. The second-order valence-electron chi connectivity index (χ2n) is 8.43. The topological polar surface area (TPSA) is 66.9 Å². The molecule has 0 radical (unpaired) electrons. The van der Waals surface area contributed by atoms with Crippen molar-refractivity contribution in [2.24, 2.45) is 0 Å². The quantitative estimate of drug-likeness (QED) is 0.619. The minimum atomic E-state index is -1.16. The van der Waals surface area contributed by atoms with Crippen molar-refractivity contribution in [3.05, 3.63) is 58.3 Å². The molecule has 2 fully saturated rings. The van der Waals surface area contributed by atoms with Crippen molar-refractivity contribution in [2.75, 3.05) is 20.2 Å². The number of carbonyl (C=O) groups excluding carboxylic acids is 3. The normalized spacial score (nSPS) is 23.9. The van der Waals surface area contributed by atoms with E-state index in [4.69, 9.17) is 4.74 Å². The van der Waals surface area contributed by atoms with Gasteiger partial charge < -0.3 is 9.64 Å². The number of benzene rings is 1. The number of ether oxygens (including phenoxy) is 1. The van der Waals surface area contributed by atoms with E-state index in [9.17, 15) is 14.4 Å². The van der Waals surface area contributed by atoms with Crippen LogP contribution in [0.4, 0.5) is 0 Å². The Morgan fingerprint density at radius 3 is 2.68 bits per heavy atom. The van der Waals surface area contributed by atoms with E-state index in [2.05, 4.69) is 0 Å². The summed E-state index contributed by atoms with van der Waals surface area (Å²) in [5, 5.41) is 1.93. The predicted octanol–water partition coefficient (Wildman–Crippen LogP) is 3.36. The van der Waals surface area contributed by atoms with Crippen LogP contribution >= 0.6 is 11.3 Å². The van der Waals surface area contributed by atoms with E-state index in [1.54, 1.807) is 11.9 Å². The van der Waals surface area contributed by atoms with Gasteiger partial charge in [0.15, 0.2) is 0 Å². The molecule has 6 nitrogen and oxygen atoms in total. The molecule has 2 saturated heterocycles. The van der Waals surface area contributed by atoms with Gasteiger partial charge in [-0.15, -0.1) is 11.3 Å². The van der Waals surface area contributed by atoms with Gasteiger partial charge in [-0.25, -0.2) is 0 Å². The van der Waals surface area contributed by atoms with Crippen LogP contribution in [-0.4, -0.2) is 53.8 Å². The number of rotatable bonds is 7. The summed E-state index contributed by atoms with van der Waals surface area (Å²) in [4.78, 5) is 43.7. The lowest BCUT2D eigenvalue weighted by Gasteiger charge is -2.31. The minimum absolute atomic E-state index is 0.0146. The molecular weight excluding hydrogens is 412 g/mol. The molecule has 0 bridgehead atoms. The van der Waals surface area contributed by atoms with Crippen molar-refractivity contribution >= 4 is 29.1 Å². The summed E-state index contributed by atoms with van der Waals surface area (Å²) in [7, 11) is 1.75. The average molecular weight is 441 g/mol. The molecule has 1 aromatic heterocycles. The molecule has 2 aromatic rings. The van der Waals surface area contributed by atoms with Crippen LogP contribution < -0.4 is 0 Å². The first kappa shape index (κ1) is 21.7. The summed E-state index contributed by atoms with van der Waals surface area (Å²) >= 11 is 1.51. The van der Waals surface area contributed by atoms with E-state index >= 15 is 0 Å². The Kier molecular flexibility index (Phi) is 6.53. The maximum absolute atomic E-state index is 13.6. The number of amides is 3. The Morgan fingerprint density at radius 1 is 1.19 bits per heavy atom. The lowest BCUT2D eigenvalue weighted by molar-refractivity contribution is -0.143. The number of likely N-dealkylation sites (N-methyl/N-ethyl adjacent to an activating group) is 1. The van der Waals surface area contributed by atoms with E-state index in [1.807, 2.05) is 47.8 Å². The minimum Gasteiger partial charge on any atom is -0.376 e. The van der Waals surface area contributed by atoms with Gasteiger partial charge in [0.25, 0.3) is 0 Å². The molecule has 2 atom stereocenters. The first-order valence-corrected chi connectivity index (χ1v) is 11.7. The van der Waals surface area contributed by atoms with Crippen molar-refractivity contribution in [2.45, 2.75) is 50.2 Å². The second kappa shape index (κ2) is 9.32. The van der Waals surface area contributed by atoms with E-state index in [1.165, 1.54) is 16.2 Å². The van der Waals surface area contributed by atoms with Crippen LogP contribution in [-0.2, 0) is 31.1 Å². The summed E-state index contributed by atoms with van der Waals surface area (Å²) in [5.74, 6) is -0.654. The van der Waals surface area contributed by atoms with Crippen LogP contribution in [0.5, 0.6) is 0 Å². The van der Waals surface area contributed by atoms with Gasteiger partial charge >= 0.3 is 0 Å². The lowest BCUT2D eigenvalue weighted by Crippen LogP contribution is -2.44. The second-order valence-corrected chi connectivity index (χ2v) is 9.46. The fraction of sp³-hybridized carbons (Fsp3) is 0.458. The lowest BCUT2D eigenvalue weighted by atomic mass is 9.75. The van der Waals surface area contributed by atoms with Gasteiger partial charge in [0.2, 0.25) is 17.7 Å². The van der Waals surface area contributed by atoms with Gasteiger partial charge in [-0.3, -0.25) is 19.3 Å². The van der Waals surface area contributed by atoms with Crippen LogP contribution in [0.1, 0.15) is 42.5 Å². The number of hydrogen-bond acceptors (Lipinski definition) is 5. The molecule has 4 rings (SSSR count). The van der Waals surface area contributed by atoms with Crippen LogP contribution in [0.25, 0.3) is 0 Å². The van der Waals surface area contributed by atoms with Gasteiger partial charge in [-0.05, 0) is 36.3 Å². The smallest absolute Gasteiger partial charge is 0.241 e. The van der Waals surface area contributed by atoms with Crippen molar-refractivity contribution in [1.82, 2.24) is 9.80 Å². The molecular formula is C24H28N2O4S. The monoisotopic (exact) mass is 440 g/mol. The Bertz CT molecular complexity index is 924. The summed E-state index contributed by atoms with van der Waals surface area (Å²) in [6.07, 6.45) is 3.12. The fourth-order valence-electron chi connectivity index (χ4n) is 4.49. The zero-order chi connectivity index (χ0) is 21.8. The van der Waals surface area contributed by atoms with E-state index < -0.39 is 5.41 Å². The van der Waals surface area contributed by atoms with Crippen molar-refractivity contribution in [1.29, 1.82) is 0 Å². The molecule has 31 heavy (non-hydrogen) atoms. The number of nitrogens with zero attached hydrogens (tertiary/aromatic N) is 2. The third-order valence-electron chi connectivity index (χ3n) is 6.26. The molecule has 0 N–H and O–H groups in total. The van der Waals surface area contributed by atoms with Crippen LogP contribution in [0, 0.1) is 0 Å². The molecule has 164 valence electrons. The Balaban J connectivity index is 1.56. The van der Waals surface area contributed by atoms with Crippen molar-refractivity contribution in [3.8, 4) is 0 Å². The highest BCUT2D eigenvalue weighted by atomic mass is 32.1. The molecule has 3 amide bonds. The molecule has 0 unspecified atom stereocenters. The third-order valence-corrected chi connectivity index (χ3v) is 7.12.